The summed E-state index contributed by atoms with van der Waals surface area (Å²) in [5.74, 6) is 0.233. The lowest BCUT2D eigenvalue weighted by Crippen LogP contribution is -2.42. The number of amides is 1. The maximum absolute atomic E-state index is 13.0. The van der Waals surface area contributed by atoms with Crippen LogP contribution in [0, 0.1) is 0 Å². The molecule has 0 saturated heterocycles. The SMILES string of the molecule is O=C(N1CCc2[nH]ncc2C1)C1(c2cccc(Cl)c2)CC1. The van der Waals surface area contributed by atoms with Crippen molar-refractivity contribution in [3.63, 3.8) is 0 Å². The predicted octanol–water partition coefficient (Wildman–Crippen LogP) is 2.68. The molecule has 1 amide bonds. The van der Waals surface area contributed by atoms with Crippen LogP contribution in [-0.4, -0.2) is 27.5 Å². The topological polar surface area (TPSA) is 49.0 Å². The van der Waals surface area contributed by atoms with Crippen molar-refractivity contribution in [3.05, 3.63) is 52.3 Å². The first-order valence-electron chi connectivity index (χ1n) is 7.26. The van der Waals surface area contributed by atoms with Crippen LogP contribution in [0.2, 0.25) is 5.02 Å². The van der Waals surface area contributed by atoms with E-state index in [9.17, 15) is 4.79 Å². The Balaban J connectivity index is 1.61. The van der Waals surface area contributed by atoms with Gasteiger partial charge in [0.2, 0.25) is 5.91 Å². The van der Waals surface area contributed by atoms with Gasteiger partial charge < -0.3 is 4.90 Å². The third-order valence-electron chi connectivity index (χ3n) is 4.62. The van der Waals surface area contributed by atoms with Gasteiger partial charge in [-0.25, -0.2) is 0 Å². The molecule has 4 nitrogen and oxygen atoms in total. The highest BCUT2D eigenvalue weighted by molar-refractivity contribution is 6.30. The highest BCUT2D eigenvalue weighted by atomic mass is 35.5. The molecule has 1 saturated carbocycles. The van der Waals surface area contributed by atoms with E-state index in [0.717, 1.165) is 42.6 Å². The quantitative estimate of drug-likeness (QED) is 0.927. The Labute approximate surface area is 128 Å². The average molecular weight is 302 g/mol. The third-order valence-corrected chi connectivity index (χ3v) is 4.86. The first-order chi connectivity index (χ1) is 10.2. The second kappa shape index (κ2) is 4.60. The van der Waals surface area contributed by atoms with Crippen molar-refractivity contribution >= 4 is 17.5 Å². The van der Waals surface area contributed by atoms with E-state index in [2.05, 4.69) is 10.2 Å². The summed E-state index contributed by atoms with van der Waals surface area (Å²) in [4.78, 5) is 14.9. The van der Waals surface area contributed by atoms with E-state index in [1.807, 2.05) is 35.4 Å². The van der Waals surface area contributed by atoms with E-state index in [0.29, 0.717) is 11.6 Å². The van der Waals surface area contributed by atoms with Crippen molar-refractivity contribution in [2.45, 2.75) is 31.2 Å². The minimum absolute atomic E-state index is 0.233. The molecule has 1 N–H and O–H groups in total. The van der Waals surface area contributed by atoms with Crippen molar-refractivity contribution in [3.8, 4) is 0 Å². The summed E-state index contributed by atoms with van der Waals surface area (Å²) in [6, 6.07) is 7.73. The largest absolute Gasteiger partial charge is 0.337 e. The van der Waals surface area contributed by atoms with Gasteiger partial charge in [-0.2, -0.15) is 5.10 Å². The Bertz CT molecular complexity index is 705. The molecule has 108 valence electrons. The van der Waals surface area contributed by atoms with Crippen molar-refractivity contribution in [1.82, 2.24) is 15.1 Å². The van der Waals surface area contributed by atoms with Gasteiger partial charge in [-0.15, -0.1) is 0 Å². The molecule has 2 heterocycles. The lowest BCUT2D eigenvalue weighted by atomic mass is 9.93. The molecule has 1 aliphatic heterocycles. The van der Waals surface area contributed by atoms with Gasteiger partial charge in [0.1, 0.15) is 0 Å². The Morgan fingerprint density at radius 2 is 2.24 bits per heavy atom. The van der Waals surface area contributed by atoms with Crippen LogP contribution in [0.25, 0.3) is 0 Å². The lowest BCUT2D eigenvalue weighted by Gasteiger charge is -2.30. The fraction of sp³-hybridized carbons (Fsp3) is 0.375. The number of hydrogen-bond acceptors (Lipinski definition) is 2. The molecule has 0 atom stereocenters. The molecule has 1 fully saturated rings. The molecule has 2 aliphatic rings. The minimum Gasteiger partial charge on any atom is -0.337 e. The molecule has 4 rings (SSSR count). The number of fused-ring (bicyclic) bond motifs is 1. The van der Waals surface area contributed by atoms with Gasteiger partial charge in [0.25, 0.3) is 0 Å². The molecular formula is C16H16ClN3O. The summed E-state index contributed by atoms with van der Waals surface area (Å²) in [7, 11) is 0. The molecule has 21 heavy (non-hydrogen) atoms. The molecule has 1 aliphatic carbocycles. The number of halogens is 1. The number of nitrogens with one attached hydrogen (secondary N) is 1. The maximum Gasteiger partial charge on any atom is 0.233 e. The van der Waals surface area contributed by atoms with Crippen LogP contribution in [0.15, 0.2) is 30.5 Å². The fourth-order valence-electron chi connectivity index (χ4n) is 3.24. The summed E-state index contributed by atoms with van der Waals surface area (Å²) >= 11 is 6.08. The Kier molecular flexibility index (Phi) is 2.82. The number of aromatic amines is 1. The van der Waals surface area contributed by atoms with E-state index in [-0.39, 0.29) is 11.3 Å². The lowest BCUT2D eigenvalue weighted by molar-refractivity contribution is -0.134. The number of carbonyl (C=O) groups is 1. The van der Waals surface area contributed by atoms with Gasteiger partial charge >= 0.3 is 0 Å². The van der Waals surface area contributed by atoms with Gasteiger partial charge in [0.15, 0.2) is 0 Å². The predicted molar refractivity (Wildman–Crippen MR) is 80.1 cm³/mol. The number of H-pyrrole nitrogens is 1. The summed E-state index contributed by atoms with van der Waals surface area (Å²) in [6.45, 7) is 1.42. The summed E-state index contributed by atoms with van der Waals surface area (Å²) < 4.78 is 0. The zero-order valence-electron chi connectivity index (χ0n) is 11.6. The van der Waals surface area contributed by atoms with Crippen LogP contribution in [0.1, 0.15) is 29.7 Å². The summed E-state index contributed by atoms with van der Waals surface area (Å²) in [6.07, 6.45) is 4.52. The molecular weight excluding hydrogens is 286 g/mol. The summed E-state index contributed by atoms with van der Waals surface area (Å²) in [5, 5.41) is 7.77. The second-order valence-electron chi connectivity index (χ2n) is 5.94. The van der Waals surface area contributed by atoms with Crippen LogP contribution in [0.5, 0.6) is 0 Å². The van der Waals surface area contributed by atoms with Crippen molar-refractivity contribution in [2.75, 3.05) is 6.54 Å². The molecule has 0 bridgehead atoms. The molecule has 0 spiro atoms. The van der Waals surface area contributed by atoms with E-state index >= 15 is 0 Å². The summed E-state index contributed by atoms with van der Waals surface area (Å²) in [5.41, 5.74) is 3.01. The number of hydrogen-bond donors (Lipinski definition) is 1. The number of carbonyl (C=O) groups excluding carboxylic acids is 1. The Morgan fingerprint density at radius 1 is 1.38 bits per heavy atom. The van der Waals surface area contributed by atoms with Crippen molar-refractivity contribution in [2.24, 2.45) is 0 Å². The molecule has 1 aromatic heterocycles. The maximum atomic E-state index is 13.0. The van der Waals surface area contributed by atoms with Gasteiger partial charge in [-0.1, -0.05) is 23.7 Å². The fourth-order valence-corrected chi connectivity index (χ4v) is 3.43. The molecule has 1 aromatic carbocycles. The first kappa shape index (κ1) is 12.9. The molecule has 0 radical (unpaired) electrons. The smallest absolute Gasteiger partial charge is 0.233 e. The normalized spacial score (nSPS) is 19.2. The molecule has 0 unspecified atom stereocenters. The second-order valence-corrected chi connectivity index (χ2v) is 6.38. The number of benzene rings is 1. The monoisotopic (exact) mass is 301 g/mol. The van der Waals surface area contributed by atoms with E-state index < -0.39 is 0 Å². The molecule has 5 heteroatoms. The number of rotatable bonds is 2. The Hall–Kier alpha value is -1.81. The number of aromatic nitrogens is 2. The zero-order valence-corrected chi connectivity index (χ0v) is 12.4. The van der Waals surface area contributed by atoms with Crippen molar-refractivity contribution in [1.29, 1.82) is 0 Å². The van der Waals surface area contributed by atoms with Gasteiger partial charge in [0, 0.05) is 35.8 Å². The van der Waals surface area contributed by atoms with Gasteiger partial charge in [-0.05, 0) is 30.5 Å². The first-order valence-corrected chi connectivity index (χ1v) is 7.63. The standard InChI is InChI=1S/C16H16ClN3O/c17-13-3-1-2-12(8-13)16(5-6-16)15(21)20-7-4-14-11(10-20)9-18-19-14/h1-3,8-9H,4-7,10H2,(H,18,19). The minimum atomic E-state index is -0.341. The third kappa shape index (κ3) is 2.05. The van der Waals surface area contributed by atoms with E-state index in [1.165, 1.54) is 0 Å². The molecule has 2 aromatic rings. The Morgan fingerprint density at radius 3 is 3.00 bits per heavy atom. The zero-order chi connectivity index (χ0) is 14.4. The van der Waals surface area contributed by atoms with Gasteiger partial charge in [0.05, 0.1) is 11.6 Å². The van der Waals surface area contributed by atoms with Crippen molar-refractivity contribution < 1.29 is 4.79 Å². The highest BCUT2D eigenvalue weighted by Crippen LogP contribution is 2.50. The van der Waals surface area contributed by atoms with Crippen LogP contribution in [0.4, 0.5) is 0 Å². The van der Waals surface area contributed by atoms with E-state index in [1.54, 1.807) is 0 Å². The van der Waals surface area contributed by atoms with Crippen LogP contribution < -0.4 is 0 Å². The number of nitrogens with zero attached hydrogens (tertiary/aromatic N) is 2. The van der Waals surface area contributed by atoms with Crippen LogP contribution >= 0.6 is 11.6 Å². The van der Waals surface area contributed by atoms with Crippen LogP contribution in [-0.2, 0) is 23.2 Å². The van der Waals surface area contributed by atoms with E-state index in [4.69, 9.17) is 11.6 Å². The average Bonchev–Trinajstić information content (AvgIpc) is 3.18. The van der Waals surface area contributed by atoms with Gasteiger partial charge in [-0.3, -0.25) is 9.89 Å². The highest BCUT2D eigenvalue weighted by Gasteiger charge is 2.53. The van der Waals surface area contributed by atoms with Crippen LogP contribution in [0.3, 0.4) is 0 Å².